The van der Waals surface area contributed by atoms with Gasteiger partial charge in [0.2, 0.25) is 0 Å². The molecule has 0 aromatic rings. The molecule has 0 radical (unpaired) electrons. The number of oxime groups is 1. The van der Waals surface area contributed by atoms with Gasteiger partial charge < -0.3 is 9.57 Å². The molecule has 0 spiro atoms. The van der Waals surface area contributed by atoms with Crippen LogP contribution in [0.4, 0.5) is 0 Å². The molecule has 162 valence electrons. The molecular formula is C25H33NO4. The highest BCUT2D eigenvalue weighted by molar-refractivity contribution is 5.96. The molecule has 0 aromatic heterocycles. The molecule has 0 unspecified atom stereocenters. The number of hydrogen-bond acceptors (Lipinski definition) is 5. The van der Waals surface area contributed by atoms with Gasteiger partial charge in [-0.1, -0.05) is 23.6 Å². The predicted molar refractivity (Wildman–Crippen MR) is 114 cm³/mol. The van der Waals surface area contributed by atoms with Gasteiger partial charge in [0.1, 0.15) is 0 Å². The highest BCUT2D eigenvalue weighted by Crippen LogP contribution is 2.67. The van der Waals surface area contributed by atoms with Crippen molar-refractivity contribution < 1.29 is 19.2 Å². The molecule has 4 aliphatic carbocycles. The summed E-state index contributed by atoms with van der Waals surface area (Å²) in [6, 6.07) is 0. The zero-order valence-electron chi connectivity index (χ0n) is 18.4. The van der Waals surface area contributed by atoms with E-state index in [0.717, 1.165) is 63.5 Å². The Morgan fingerprint density at radius 3 is 2.60 bits per heavy atom. The lowest BCUT2D eigenvalue weighted by Gasteiger charge is -2.56. The van der Waals surface area contributed by atoms with Gasteiger partial charge in [-0.3, -0.25) is 4.79 Å². The summed E-state index contributed by atoms with van der Waals surface area (Å²) in [5.74, 6) is 4.75. The first kappa shape index (κ1) is 21.2. The molecular weight excluding hydrogens is 378 g/mol. The summed E-state index contributed by atoms with van der Waals surface area (Å²) in [5.41, 5.74) is 1.52. The van der Waals surface area contributed by atoms with E-state index in [1.54, 1.807) is 0 Å². The van der Waals surface area contributed by atoms with Gasteiger partial charge in [-0.2, -0.15) is 0 Å². The van der Waals surface area contributed by atoms with Crippen molar-refractivity contribution in [3.8, 4) is 12.3 Å². The molecule has 4 rings (SSSR count). The van der Waals surface area contributed by atoms with E-state index in [1.807, 2.05) is 0 Å². The highest BCUT2D eigenvalue weighted by atomic mass is 16.7. The first-order valence-electron chi connectivity index (χ1n) is 11.5. The Hall–Kier alpha value is -2.09. The van der Waals surface area contributed by atoms with Crippen LogP contribution < -0.4 is 0 Å². The molecule has 5 heteroatoms. The van der Waals surface area contributed by atoms with Crippen molar-refractivity contribution in [2.75, 3.05) is 0 Å². The molecule has 30 heavy (non-hydrogen) atoms. The lowest BCUT2D eigenvalue weighted by atomic mass is 9.49. The van der Waals surface area contributed by atoms with E-state index in [0.29, 0.717) is 23.7 Å². The first-order chi connectivity index (χ1) is 14.4. The number of allylic oxidation sites excluding steroid dienone is 2. The summed E-state index contributed by atoms with van der Waals surface area (Å²) in [6.07, 6.45) is 17.3. The first-order valence-corrected chi connectivity index (χ1v) is 11.5. The van der Waals surface area contributed by atoms with Crippen molar-refractivity contribution in [2.45, 2.75) is 84.2 Å². The molecule has 0 N–H and O–H groups in total. The zero-order chi connectivity index (χ0) is 21.5. The molecule has 0 amide bonds. The zero-order valence-corrected chi connectivity index (χ0v) is 18.4. The van der Waals surface area contributed by atoms with Gasteiger partial charge in [0.05, 0.1) is 5.71 Å². The van der Waals surface area contributed by atoms with Gasteiger partial charge in [0.25, 0.3) is 0 Å². The third-order valence-corrected chi connectivity index (χ3v) is 8.61. The molecule has 0 bridgehead atoms. The Morgan fingerprint density at radius 2 is 1.93 bits per heavy atom. The van der Waals surface area contributed by atoms with Crippen LogP contribution in [0.5, 0.6) is 0 Å². The van der Waals surface area contributed by atoms with Gasteiger partial charge in [0, 0.05) is 19.3 Å². The number of ether oxygens (including phenoxy) is 1. The molecule has 5 nitrogen and oxygen atoms in total. The Labute approximate surface area is 179 Å². The quantitative estimate of drug-likeness (QED) is 0.289. The van der Waals surface area contributed by atoms with Crippen LogP contribution in [0.3, 0.4) is 0 Å². The molecule has 6 atom stereocenters. The number of esters is 1. The standard InChI is InChI=1S/C25H33NO4/c1-5-24-13-11-21-20-10-8-19(26-30-17(4)28)15-18(20)7-9-22(21)23(24)12-14-25(24,6-2)29-16(3)27/h2,15,20-23H,5,7-14H2,1,3-4H3/b26-19+/t20-,21+,22+,23-,24-,25-/m0/s1. The third-order valence-electron chi connectivity index (χ3n) is 8.61. The summed E-state index contributed by atoms with van der Waals surface area (Å²) < 4.78 is 5.91. The van der Waals surface area contributed by atoms with E-state index in [9.17, 15) is 9.59 Å². The van der Waals surface area contributed by atoms with Gasteiger partial charge in [-0.15, -0.1) is 6.42 Å². The normalized spacial score (nSPS) is 41.0. The number of rotatable bonds is 3. The lowest BCUT2D eigenvalue weighted by molar-refractivity contribution is -0.170. The Kier molecular flexibility index (Phi) is 5.55. The van der Waals surface area contributed by atoms with Crippen LogP contribution in [0.2, 0.25) is 0 Å². The largest absolute Gasteiger partial charge is 0.445 e. The summed E-state index contributed by atoms with van der Waals surface area (Å²) in [4.78, 5) is 27.9. The maximum atomic E-state index is 11.9. The van der Waals surface area contributed by atoms with Gasteiger partial charge in [0.15, 0.2) is 5.60 Å². The fourth-order valence-electron chi connectivity index (χ4n) is 7.57. The summed E-state index contributed by atoms with van der Waals surface area (Å²) in [6.45, 7) is 5.08. The number of fused-ring (bicyclic) bond motifs is 5. The topological polar surface area (TPSA) is 65.0 Å². The van der Waals surface area contributed by atoms with Crippen molar-refractivity contribution in [1.82, 2.24) is 0 Å². The minimum Gasteiger partial charge on any atom is -0.445 e. The fourth-order valence-corrected chi connectivity index (χ4v) is 7.57. The highest BCUT2D eigenvalue weighted by Gasteiger charge is 2.65. The summed E-state index contributed by atoms with van der Waals surface area (Å²) >= 11 is 0. The van der Waals surface area contributed by atoms with Crippen molar-refractivity contribution >= 4 is 17.7 Å². The van der Waals surface area contributed by atoms with Gasteiger partial charge in [-0.25, -0.2) is 4.79 Å². The van der Waals surface area contributed by atoms with Crippen LogP contribution in [0.15, 0.2) is 16.8 Å². The lowest BCUT2D eigenvalue weighted by Crippen LogP contribution is -2.55. The van der Waals surface area contributed by atoms with Crippen molar-refractivity contribution in [1.29, 1.82) is 0 Å². The van der Waals surface area contributed by atoms with Crippen molar-refractivity contribution in [2.24, 2.45) is 34.2 Å². The maximum Gasteiger partial charge on any atom is 0.331 e. The smallest absolute Gasteiger partial charge is 0.331 e. The second-order valence-corrected chi connectivity index (χ2v) is 9.65. The van der Waals surface area contributed by atoms with E-state index in [-0.39, 0.29) is 17.4 Å². The third kappa shape index (κ3) is 3.20. The summed E-state index contributed by atoms with van der Waals surface area (Å²) in [7, 11) is 0. The fraction of sp³-hybridized carbons (Fsp3) is 0.720. The monoisotopic (exact) mass is 411 g/mol. The average molecular weight is 412 g/mol. The Bertz CT molecular complexity index is 837. The maximum absolute atomic E-state index is 11.9. The van der Waals surface area contributed by atoms with Crippen LogP contribution in [0, 0.1) is 41.4 Å². The number of carbonyl (C=O) groups is 2. The number of nitrogens with zero attached hydrogens (tertiary/aromatic N) is 1. The molecule has 4 aliphatic rings. The molecule has 3 saturated carbocycles. The predicted octanol–water partition coefficient (Wildman–Crippen LogP) is 4.80. The van der Waals surface area contributed by atoms with Crippen LogP contribution >= 0.6 is 0 Å². The van der Waals surface area contributed by atoms with Crippen LogP contribution in [0.25, 0.3) is 0 Å². The van der Waals surface area contributed by atoms with E-state index in [2.05, 4.69) is 24.1 Å². The Balaban J connectivity index is 1.59. The van der Waals surface area contributed by atoms with Crippen molar-refractivity contribution in [3.63, 3.8) is 0 Å². The second kappa shape index (κ2) is 7.87. The van der Waals surface area contributed by atoms with E-state index in [1.165, 1.54) is 19.4 Å². The van der Waals surface area contributed by atoms with Crippen LogP contribution in [-0.2, 0) is 19.2 Å². The van der Waals surface area contributed by atoms with Crippen LogP contribution in [-0.4, -0.2) is 23.3 Å². The molecule has 0 aliphatic heterocycles. The average Bonchev–Trinajstić information content (AvgIpc) is 3.06. The molecule has 3 fully saturated rings. The molecule has 0 saturated heterocycles. The van der Waals surface area contributed by atoms with Crippen LogP contribution in [0.1, 0.15) is 78.6 Å². The minimum absolute atomic E-state index is 0.0909. The summed E-state index contributed by atoms with van der Waals surface area (Å²) in [5, 5.41) is 4.03. The SMILES string of the molecule is C#C[C@]1(OC(C)=O)CC[C@H]2[C@@H]3CCC4=C/C(=N/OC(C)=O)CC[C@@H]4[C@H]3CC[C@@]21CC. The van der Waals surface area contributed by atoms with Gasteiger partial charge >= 0.3 is 11.9 Å². The second-order valence-electron chi connectivity index (χ2n) is 9.65. The van der Waals surface area contributed by atoms with E-state index >= 15 is 0 Å². The van der Waals surface area contributed by atoms with Crippen molar-refractivity contribution in [3.05, 3.63) is 11.6 Å². The molecule has 0 heterocycles. The molecule has 0 aromatic carbocycles. The number of hydrogen-bond donors (Lipinski definition) is 0. The number of terminal acetylenes is 1. The van der Waals surface area contributed by atoms with Gasteiger partial charge in [-0.05, 0) is 87.5 Å². The number of carbonyl (C=O) groups excluding carboxylic acids is 2. The minimum atomic E-state index is -0.740. The van der Waals surface area contributed by atoms with E-state index < -0.39 is 5.60 Å². The van der Waals surface area contributed by atoms with E-state index in [4.69, 9.17) is 16.0 Å². The Morgan fingerprint density at radius 1 is 1.13 bits per heavy atom.